The summed E-state index contributed by atoms with van der Waals surface area (Å²) in [5.74, 6) is -1.49. The molecule has 0 heterocycles. The SMILES string of the molecule is CCCCCCCCCCCCCCCCCC(=O)OC(C)C(=O)O.[NH4+]. The average Bonchev–Trinajstić information content (AvgIpc) is 2.58. The molecule has 0 saturated carbocycles. The summed E-state index contributed by atoms with van der Waals surface area (Å²) in [4.78, 5) is 22.0. The summed E-state index contributed by atoms with van der Waals surface area (Å²) >= 11 is 0. The molecule has 0 aliphatic heterocycles. The molecule has 0 radical (unpaired) electrons. The molecule has 156 valence electrons. The highest BCUT2D eigenvalue weighted by molar-refractivity contribution is 5.77. The second kappa shape index (κ2) is 20.2. The number of unbranched alkanes of at least 4 members (excludes halogenated alkanes) is 14. The Morgan fingerprint density at radius 1 is 0.731 bits per heavy atom. The Bertz CT molecular complexity index is 334. The van der Waals surface area contributed by atoms with Crippen LogP contribution in [0.3, 0.4) is 0 Å². The Morgan fingerprint density at radius 3 is 1.42 bits per heavy atom. The second-order valence-electron chi connectivity index (χ2n) is 7.17. The highest BCUT2D eigenvalue weighted by Gasteiger charge is 2.15. The molecule has 5 heteroatoms. The van der Waals surface area contributed by atoms with Gasteiger partial charge in [0.05, 0.1) is 0 Å². The van der Waals surface area contributed by atoms with Crippen LogP contribution in [0.2, 0.25) is 0 Å². The molecule has 0 aromatic heterocycles. The molecule has 0 saturated heterocycles. The summed E-state index contributed by atoms with van der Waals surface area (Å²) in [7, 11) is 0. The van der Waals surface area contributed by atoms with Gasteiger partial charge >= 0.3 is 11.9 Å². The van der Waals surface area contributed by atoms with Gasteiger partial charge in [0, 0.05) is 6.42 Å². The van der Waals surface area contributed by atoms with Gasteiger partial charge in [0.25, 0.3) is 0 Å². The molecule has 0 aliphatic rings. The van der Waals surface area contributed by atoms with Gasteiger partial charge in [-0.05, 0) is 13.3 Å². The van der Waals surface area contributed by atoms with E-state index in [9.17, 15) is 9.59 Å². The maximum atomic E-state index is 11.4. The van der Waals surface area contributed by atoms with Crippen molar-refractivity contribution in [1.29, 1.82) is 0 Å². The Kier molecular flexibility index (Phi) is 21.1. The highest BCUT2D eigenvalue weighted by atomic mass is 16.6. The van der Waals surface area contributed by atoms with Crippen LogP contribution in [-0.2, 0) is 14.3 Å². The molecule has 0 aromatic carbocycles. The Hall–Kier alpha value is -1.10. The first-order valence-corrected chi connectivity index (χ1v) is 10.5. The topological polar surface area (TPSA) is 100 Å². The van der Waals surface area contributed by atoms with E-state index in [1.165, 1.54) is 84.0 Å². The van der Waals surface area contributed by atoms with E-state index in [-0.39, 0.29) is 6.15 Å². The molecule has 1 unspecified atom stereocenters. The highest BCUT2D eigenvalue weighted by Crippen LogP contribution is 2.13. The third-order valence-electron chi connectivity index (χ3n) is 4.64. The zero-order valence-corrected chi connectivity index (χ0v) is 17.6. The minimum atomic E-state index is -1.09. The number of hydrogen-bond donors (Lipinski definition) is 2. The molecule has 0 fully saturated rings. The lowest BCUT2D eigenvalue weighted by atomic mass is 10.0. The average molecular weight is 375 g/mol. The van der Waals surface area contributed by atoms with Crippen molar-refractivity contribution < 1.29 is 19.4 Å². The van der Waals surface area contributed by atoms with Crippen LogP contribution in [0.1, 0.15) is 117 Å². The Morgan fingerprint density at radius 2 is 1.08 bits per heavy atom. The van der Waals surface area contributed by atoms with E-state index in [0.29, 0.717) is 6.42 Å². The van der Waals surface area contributed by atoms with Crippen molar-refractivity contribution in [3.8, 4) is 0 Å². The van der Waals surface area contributed by atoms with Gasteiger partial charge in [0.2, 0.25) is 0 Å². The maximum absolute atomic E-state index is 11.4. The normalized spacial score (nSPS) is 11.6. The van der Waals surface area contributed by atoms with Crippen LogP contribution in [0.5, 0.6) is 0 Å². The lowest BCUT2D eigenvalue weighted by Crippen LogP contribution is -2.23. The fourth-order valence-corrected chi connectivity index (χ4v) is 2.95. The van der Waals surface area contributed by atoms with E-state index in [0.717, 1.165) is 19.3 Å². The van der Waals surface area contributed by atoms with E-state index >= 15 is 0 Å². The van der Waals surface area contributed by atoms with Crippen molar-refractivity contribution >= 4 is 11.9 Å². The molecule has 0 spiro atoms. The van der Waals surface area contributed by atoms with Gasteiger partial charge in [0.15, 0.2) is 6.10 Å². The number of carboxylic acid groups (broad SMARTS) is 1. The first-order chi connectivity index (χ1) is 12.1. The zero-order valence-electron chi connectivity index (χ0n) is 17.6. The van der Waals surface area contributed by atoms with Gasteiger partial charge in [-0.1, -0.05) is 96.8 Å². The van der Waals surface area contributed by atoms with Crippen LogP contribution in [0, 0.1) is 0 Å². The van der Waals surface area contributed by atoms with Crippen LogP contribution in [0.4, 0.5) is 0 Å². The fourth-order valence-electron chi connectivity index (χ4n) is 2.95. The Balaban J connectivity index is 0. The number of esters is 1. The molecule has 0 aromatic rings. The van der Waals surface area contributed by atoms with Gasteiger partial charge in [-0.3, -0.25) is 4.79 Å². The molecule has 0 amide bonds. The summed E-state index contributed by atoms with van der Waals surface area (Å²) in [5, 5.41) is 8.66. The number of quaternary nitrogens is 1. The largest absolute Gasteiger partial charge is 0.479 e. The predicted molar refractivity (Wildman–Crippen MR) is 109 cm³/mol. The van der Waals surface area contributed by atoms with Crippen molar-refractivity contribution in [2.45, 2.75) is 123 Å². The molecule has 0 bridgehead atoms. The molecule has 0 rings (SSSR count). The molecule has 5 nitrogen and oxygen atoms in total. The van der Waals surface area contributed by atoms with Crippen molar-refractivity contribution in [2.24, 2.45) is 0 Å². The number of rotatable bonds is 18. The van der Waals surface area contributed by atoms with E-state index in [2.05, 4.69) is 6.92 Å². The number of carbonyl (C=O) groups is 2. The van der Waals surface area contributed by atoms with Gasteiger partial charge in [-0.25, -0.2) is 4.79 Å². The molecule has 26 heavy (non-hydrogen) atoms. The van der Waals surface area contributed by atoms with Crippen LogP contribution < -0.4 is 6.15 Å². The summed E-state index contributed by atoms with van der Waals surface area (Å²) in [6.45, 7) is 3.64. The van der Waals surface area contributed by atoms with E-state index < -0.39 is 18.0 Å². The number of carbonyl (C=O) groups excluding carboxylic acids is 1. The molecule has 5 N–H and O–H groups in total. The lowest BCUT2D eigenvalue weighted by molar-refractivity contribution is -0.162. The van der Waals surface area contributed by atoms with Gasteiger partial charge < -0.3 is 16.0 Å². The fraction of sp³-hybridized carbons (Fsp3) is 0.905. The van der Waals surface area contributed by atoms with E-state index in [1.54, 1.807) is 0 Å². The number of ether oxygens (including phenoxy) is 1. The molecule has 1 atom stereocenters. The quantitative estimate of drug-likeness (QED) is 0.207. The van der Waals surface area contributed by atoms with Crippen molar-refractivity contribution in [1.82, 2.24) is 6.15 Å². The molecular formula is C21H44NO4+. The van der Waals surface area contributed by atoms with Crippen molar-refractivity contribution in [3.05, 3.63) is 0 Å². The summed E-state index contributed by atoms with van der Waals surface area (Å²) in [6, 6.07) is 0. The number of carboxylic acids is 1. The number of aliphatic carboxylic acids is 1. The summed E-state index contributed by atoms with van der Waals surface area (Å²) in [5.41, 5.74) is 0. The van der Waals surface area contributed by atoms with Gasteiger partial charge in [0.1, 0.15) is 0 Å². The van der Waals surface area contributed by atoms with Crippen LogP contribution in [-0.4, -0.2) is 23.1 Å². The predicted octanol–water partition coefficient (Wildman–Crippen LogP) is 6.64. The zero-order chi connectivity index (χ0) is 18.8. The minimum Gasteiger partial charge on any atom is -0.479 e. The standard InChI is InChI=1S/C21H40O4.H3N/c1-3-4-5-6-7-8-9-10-11-12-13-14-15-16-17-18-20(22)25-19(2)21(23)24;/h19H,3-18H2,1-2H3,(H,23,24);1H3/p+1. The first kappa shape index (κ1) is 27.1. The summed E-state index contributed by atoms with van der Waals surface area (Å²) < 4.78 is 4.79. The molecule has 0 aliphatic carbocycles. The summed E-state index contributed by atoms with van der Waals surface area (Å²) in [6.07, 6.45) is 18.6. The Labute approximate surface area is 160 Å². The van der Waals surface area contributed by atoms with E-state index in [1.807, 2.05) is 0 Å². The lowest BCUT2D eigenvalue weighted by Gasteiger charge is -2.08. The van der Waals surface area contributed by atoms with Crippen LogP contribution in [0.25, 0.3) is 0 Å². The maximum Gasteiger partial charge on any atom is 0.344 e. The first-order valence-electron chi connectivity index (χ1n) is 10.5. The van der Waals surface area contributed by atoms with Crippen molar-refractivity contribution in [2.75, 3.05) is 0 Å². The monoisotopic (exact) mass is 374 g/mol. The van der Waals surface area contributed by atoms with Crippen molar-refractivity contribution in [3.63, 3.8) is 0 Å². The van der Waals surface area contributed by atoms with E-state index in [4.69, 9.17) is 9.84 Å². The molecular weight excluding hydrogens is 330 g/mol. The van der Waals surface area contributed by atoms with Gasteiger partial charge in [-0.2, -0.15) is 0 Å². The van der Waals surface area contributed by atoms with Crippen LogP contribution in [0.15, 0.2) is 0 Å². The van der Waals surface area contributed by atoms with Gasteiger partial charge in [-0.15, -0.1) is 0 Å². The third-order valence-corrected chi connectivity index (χ3v) is 4.64. The number of hydrogen-bond acceptors (Lipinski definition) is 3. The third kappa shape index (κ3) is 19.2. The second-order valence-corrected chi connectivity index (χ2v) is 7.17. The minimum absolute atomic E-state index is 0. The van der Waals surface area contributed by atoms with Crippen LogP contribution >= 0.6 is 0 Å². The smallest absolute Gasteiger partial charge is 0.344 e.